The van der Waals surface area contributed by atoms with E-state index in [0.29, 0.717) is 24.8 Å². The molecule has 0 spiro atoms. The molecule has 176 valence electrons. The molecule has 34 heavy (non-hydrogen) atoms. The summed E-state index contributed by atoms with van der Waals surface area (Å²) in [6.45, 7) is 3.85. The van der Waals surface area contributed by atoms with E-state index in [1.165, 1.54) is 6.20 Å². The van der Waals surface area contributed by atoms with Gasteiger partial charge in [-0.1, -0.05) is 0 Å². The lowest BCUT2D eigenvalue weighted by molar-refractivity contribution is 0.0335. The van der Waals surface area contributed by atoms with E-state index in [0.717, 1.165) is 48.7 Å². The van der Waals surface area contributed by atoms with Gasteiger partial charge in [-0.25, -0.2) is 22.2 Å². The molecule has 4 heterocycles. The van der Waals surface area contributed by atoms with Crippen LogP contribution in [0.3, 0.4) is 0 Å². The first-order valence-corrected chi connectivity index (χ1v) is 12.1. The Morgan fingerprint density at radius 2 is 1.82 bits per heavy atom. The molecule has 1 aliphatic heterocycles. The Morgan fingerprint density at radius 1 is 1.00 bits per heavy atom. The number of hydrogen-bond acceptors (Lipinski definition) is 6. The number of imidazole rings is 1. The highest BCUT2D eigenvalue weighted by atomic mass is 32.2. The number of sulfonamides is 1. The first-order chi connectivity index (χ1) is 16.4. The number of morpholine rings is 1. The molecule has 1 aliphatic rings. The summed E-state index contributed by atoms with van der Waals surface area (Å²) in [7, 11) is -4.27. The van der Waals surface area contributed by atoms with Crippen molar-refractivity contribution in [1.82, 2.24) is 19.3 Å². The molecule has 11 heteroatoms. The van der Waals surface area contributed by atoms with Crippen molar-refractivity contribution in [2.75, 3.05) is 31.0 Å². The molecular formula is C23H21F2N5O3S. The van der Waals surface area contributed by atoms with E-state index in [2.05, 4.69) is 19.6 Å². The number of nitrogens with one attached hydrogen (secondary N) is 1. The van der Waals surface area contributed by atoms with E-state index >= 15 is 0 Å². The fourth-order valence-electron chi connectivity index (χ4n) is 3.86. The van der Waals surface area contributed by atoms with Crippen LogP contribution in [0.25, 0.3) is 16.8 Å². The smallest absolute Gasteiger partial charge is 0.264 e. The van der Waals surface area contributed by atoms with Gasteiger partial charge in [0.2, 0.25) is 0 Å². The third-order valence-corrected chi connectivity index (χ3v) is 6.99. The Bertz CT molecular complexity index is 1450. The molecule has 3 aromatic heterocycles. The minimum atomic E-state index is -4.27. The van der Waals surface area contributed by atoms with Gasteiger partial charge < -0.3 is 9.14 Å². The van der Waals surface area contributed by atoms with Gasteiger partial charge in [0, 0.05) is 49.2 Å². The normalized spacial score (nSPS) is 15.0. The van der Waals surface area contributed by atoms with Gasteiger partial charge >= 0.3 is 0 Å². The first kappa shape index (κ1) is 22.4. The van der Waals surface area contributed by atoms with Crippen LogP contribution in [-0.4, -0.2) is 54.0 Å². The lowest BCUT2D eigenvalue weighted by atomic mass is 10.1. The number of halogens is 2. The highest BCUT2D eigenvalue weighted by Crippen LogP contribution is 2.25. The molecular weight excluding hydrogens is 464 g/mol. The molecule has 0 bridgehead atoms. The second-order valence-electron chi connectivity index (χ2n) is 7.93. The summed E-state index contributed by atoms with van der Waals surface area (Å²) < 4.78 is 62.2. The minimum Gasteiger partial charge on any atom is -0.379 e. The van der Waals surface area contributed by atoms with E-state index in [-0.39, 0.29) is 5.69 Å². The topological polar surface area (TPSA) is 88.8 Å². The standard InChI is InChI=1S/C23H21F2N5O3S/c24-18-2-3-22(21(25)10-18)34(31,32)28-19-9-17(11-26-12-19)16-1-4-23-27-13-20(30(23)14-16)15-29-5-7-33-8-6-29/h1-4,9-14,28H,5-8,15H2. The number of nitrogens with zero attached hydrogens (tertiary/aromatic N) is 4. The molecule has 0 radical (unpaired) electrons. The molecule has 8 nitrogen and oxygen atoms in total. The maximum Gasteiger partial charge on any atom is 0.264 e. The molecule has 4 aromatic rings. The number of aromatic nitrogens is 3. The van der Waals surface area contributed by atoms with Gasteiger partial charge in [0.05, 0.1) is 37.0 Å². The van der Waals surface area contributed by atoms with E-state index in [1.807, 2.05) is 28.9 Å². The van der Waals surface area contributed by atoms with Crippen LogP contribution in [0.1, 0.15) is 5.69 Å². The molecule has 1 saturated heterocycles. The van der Waals surface area contributed by atoms with Gasteiger partial charge in [-0.2, -0.15) is 0 Å². The van der Waals surface area contributed by atoms with Crippen molar-refractivity contribution in [3.05, 3.63) is 78.5 Å². The fourth-order valence-corrected chi connectivity index (χ4v) is 4.96. The maximum absolute atomic E-state index is 14.0. The molecule has 1 N–H and O–H groups in total. The van der Waals surface area contributed by atoms with Gasteiger partial charge in [0.1, 0.15) is 22.2 Å². The Kier molecular flexibility index (Phi) is 5.98. The maximum atomic E-state index is 14.0. The molecule has 1 aromatic carbocycles. The van der Waals surface area contributed by atoms with E-state index in [1.54, 1.807) is 12.3 Å². The number of anilines is 1. The van der Waals surface area contributed by atoms with Crippen LogP contribution >= 0.6 is 0 Å². The summed E-state index contributed by atoms with van der Waals surface area (Å²) in [5.41, 5.74) is 3.43. The second kappa shape index (κ2) is 9.09. The van der Waals surface area contributed by atoms with Crippen molar-refractivity contribution in [3.63, 3.8) is 0 Å². The largest absolute Gasteiger partial charge is 0.379 e. The fraction of sp³-hybridized carbons (Fsp3) is 0.217. The van der Waals surface area contributed by atoms with E-state index in [9.17, 15) is 17.2 Å². The van der Waals surface area contributed by atoms with Gasteiger partial charge in [-0.3, -0.25) is 14.6 Å². The first-order valence-electron chi connectivity index (χ1n) is 10.6. The Balaban J connectivity index is 1.42. The highest BCUT2D eigenvalue weighted by Gasteiger charge is 2.20. The molecule has 0 unspecified atom stereocenters. The zero-order valence-electron chi connectivity index (χ0n) is 18.0. The van der Waals surface area contributed by atoms with Crippen molar-refractivity contribution in [1.29, 1.82) is 0 Å². The highest BCUT2D eigenvalue weighted by molar-refractivity contribution is 7.92. The van der Waals surface area contributed by atoms with Gasteiger partial charge in [-0.05, 0) is 30.3 Å². The lowest BCUT2D eigenvalue weighted by Crippen LogP contribution is -2.35. The van der Waals surface area contributed by atoms with Crippen LogP contribution in [0, 0.1) is 11.6 Å². The van der Waals surface area contributed by atoms with Crippen LogP contribution in [0.2, 0.25) is 0 Å². The molecule has 1 fully saturated rings. The van der Waals surface area contributed by atoms with Gasteiger partial charge in [0.15, 0.2) is 0 Å². The Labute approximate surface area is 194 Å². The molecule has 0 amide bonds. The quantitative estimate of drug-likeness (QED) is 0.451. The van der Waals surface area contributed by atoms with Crippen LogP contribution < -0.4 is 4.72 Å². The lowest BCUT2D eigenvalue weighted by Gasteiger charge is -2.26. The summed E-state index contributed by atoms with van der Waals surface area (Å²) in [6, 6.07) is 7.65. The number of benzene rings is 1. The van der Waals surface area contributed by atoms with Crippen molar-refractivity contribution >= 4 is 21.4 Å². The average molecular weight is 486 g/mol. The third kappa shape index (κ3) is 4.63. The predicted molar refractivity (Wildman–Crippen MR) is 122 cm³/mol. The van der Waals surface area contributed by atoms with Crippen molar-refractivity contribution in [2.24, 2.45) is 0 Å². The van der Waals surface area contributed by atoms with Crippen LogP contribution in [0.4, 0.5) is 14.5 Å². The second-order valence-corrected chi connectivity index (χ2v) is 9.58. The number of fused-ring (bicyclic) bond motifs is 1. The predicted octanol–water partition coefficient (Wildman–Crippen LogP) is 3.31. The SMILES string of the molecule is O=S(=O)(Nc1cncc(-c2ccc3ncc(CN4CCOCC4)n3c2)c1)c1ccc(F)cc1F. The summed E-state index contributed by atoms with van der Waals surface area (Å²) in [5.74, 6) is -2.03. The van der Waals surface area contributed by atoms with E-state index in [4.69, 9.17) is 4.74 Å². The number of ether oxygens (including phenoxy) is 1. The Morgan fingerprint density at radius 3 is 2.62 bits per heavy atom. The average Bonchev–Trinajstić information content (AvgIpc) is 3.21. The molecule has 0 aliphatic carbocycles. The number of rotatable bonds is 6. The van der Waals surface area contributed by atoms with Gasteiger partial charge in [-0.15, -0.1) is 0 Å². The Hall–Kier alpha value is -3.41. The summed E-state index contributed by atoms with van der Waals surface area (Å²) in [5, 5.41) is 0. The van der Waals surface area contributed by atoms with Crippen LogP contribution in [0.5, 0.6) is 0 Å². The molecule has 0 atom stereocenters. The van der Waals surface area contributed by atoms with Crippen molar-refractivity contribution in [3.8, 4) is 11.1 Å². The molecule has 0 saturated carbocycles. The van der Waals surface area contributed by atoms with Crippen molar-refractivity contribution < 1.29 is 21.9 Å². The van der Waals surface area contributed by atoms with Gasteiger partial charge in [0.25, 0.3) is 10.0 Å². The van der Waals surface area contributed by atoms with E-state index < -0.39 is 26.6 Å². The zero-order chi connectivity index (χ0) is 23.7. The minimum absolute atomic E-state index is 0.153. The van der Waals surface area contributed by atoms with Crippen LogP contribution in [0.15, 0.2) is 66.1 Å². The van der Waals surface area contributed by atoms with Crippen LogP contribution in [-0.2, 0) is 21.3 Å². The summed E-state index contributed by atoms with van der Waals surface area (Å²) in [4.78, 5) is 10.3. The number of hydrogen-bond donors (Lipinski definition) is 1. The zero-order valence-corrected chi connectivity index (χ0v) is 18.8. The monoisotopic (exact) mass is 485 g/mol. The molecule has 5 rings (SSSR count). The van der Waals surface area contributed by atoms with Crippen molar-refractivity contribution in [2.45, 2.75) is 11.4 Å². The summed E-state index contributed by atoms with van der Waals surface area (Å²) >= 11 is 0. The summed E-state index contributed by atoms with van der Waals surface area (Å²) in [6.07, 6.45) is 6.69. The number of pyridine rings is 2. The third-order valence-electron chi connectivity index (χ3n) is 5.58.